The Labute approximate surface area is 85.5 Å². The van der Waals surface area contributed by atoms with Crippen molar-refractivity contribution < 1.29 is 4.74 Å². The van der Waals surface area contributed by atoms with Crippen molar-refractivity contribution in [1.29, 1.82) is 0 Å². The topological polar surface area (TPSA) is 34.2 Å². The molecule has 3 heteroatoms. The summed E-state index contributed by atoms with van der Waals surface area (Å²) < 4.78 is 4.95. The molecular weight excluding hydrogens is 176 g/mol. The minimum Gasteiger partial charge on any atom is -0.383 e. The molecule has 0 atom stereocenters. The quantitative estimate of drug-likeness (QED) is 0.695. The fourth-order valence-corrected chi connectivity index (χ4v) is 1.24. The zero-order chi connectivity index (χ0) is 10.2. The normalized spacial score (nSPS) is 10.4. The van der Waals surface area contributed by atoms with Gasteiger partial charge in [0.25, 0.3) is 0 Å². The third-order valence-corrected chi connectivity index (χ3v) is 2.07. The van der Waals surface area contributed by atoms with Crippen LogP contribution < -0.4 is 5.32 Å². The van der Waals surface area contributed by atoms with Crippen molar-refractivity contribution >= 4 is 0 Å². The van der Waals surface area contributed by atoms with Crippen LogP contribution in [-0.4, -0.2) is 25.2 Å². The van der Waals surface area contributed by atoms with Crippen LogP contribution in [0.15, 0.2) is 18.5 Å². The molecule has 0 aromatic carbocycles. The predicted octanol–water partition coefficient (Wildman–Crippen LogP) is 1.38. The fourth-order valence-electron chi connectivity index (χ4n) is 1.24. The van der Waals surface area contributed by atoms with Crippen LogP contribution in [0.5, 0.6) is 0 Å². The number of methoxy groups -OCH3 is 1. The highest BCUT2D eigenvalue weighted by atomic mass is 16.5. The lowest BCUT2D eigenvalue weighted by atomic mass is 10.2. The molecule has 0 aliphatic heterocycles. The first-order valence-electron chi connectivity index (χ1n) is 4.99. The standard InChI is InChI=1S/C11H18N2O/c1-3-10-6-11(9-13-7-10)8-12-4-5-14-2/h6-7,9,12H,3-5,8H2,1-2H3. The second kappa shape index (κ2) is 6.51. The van der Waals surface area contributed by atoms with Crippen LogP contribution in [0.3, 0.4) is 0 Å². The maximum Gasteiger partial charge on any atom is 0.0587 e. The first-order valence-corrected chi connectivity index (χ1v) is 4.99. The van der Waals surface area contributed by atoms with Gasteiger partial charge in [0, 0.05) is 32.6 Å². The van der Waals surface area contributed by atoms with Crippen molar-refractivity contribution in [3.05, 3.63) is 29.6 Å². The van der Waals surface area contributed by atoms with Gasteiger partial charge in [-0.2, -0.15) is 0 Å². The van der Waals surface area contributed by atoms with E-state index in [0.717, 1.165) is 26.1 Å². The molecule has 0 radical (unpaired) electrons. The molecule has 0 aliphatic rings. The van der Waals surface area contributed by atoms with E-state index < -0.39 is 0 Å². The molecule has 0 fully saturated rings. The monoisotopic (exact) mass is 194 g/mol. The van der Waals surface area contributed by atoms with Crippen LogP contribution in [0.2, 0.25) is 0 Å². The van der Waals surface area contributed by atoms with E-state index in [1.165, 1.54) is 11.1 Å². The Morgan fingerprint density at radius 3 is 2.86 bits per heavy atom. The lowest BCUT2D eigenvalue weighted by Crippen LogP contribution is -2.18. The number of ether oxygens (including phenoxy) is 1. The second-order valence-corrected chi connectivity index (χ2v) is 3.22. The van der Waals surface area contributed by atoms with Gasteiger partial charge in [0.1, 0.15) is 0 Å². The van der Waals surface area contributed by atoms with Gasteiger partial charge in [-0.15, -0.1) is 0 Å². The van der Waals surface area contributed by atoms with Crippen LogP contribution in [0.25, 0.3) is 0 Å². The smallest absolute Gasteiger partial charge is 0.0587 e. The Kier molecular flexibility index (Phi) is 5.19. The number of nitrogens with one attached hydrogen (secondary N) is 1. The van der Waals surface area contributed by atoms with E-state index in [1.54, 1.807) is 7.11 Å². The molecule has 1 rings (SSSR count). The molecule has 1 N–H and O–H groups in total. The maximum atomic E-state index is 4.95. The van der Waals surface area contributed by atoms with E-state index in [9.17, 15) is 0 Å². The van der Waals surface area contributed by atoms with Gasteiger partial charge in [-0.3, -0.25) is 4.98 Å². The van der Waals surface area contributed by atoms with Gasteiger partial charge in [-0.25, -0.2) is 0 Å². The van der Waals surface area contributed by atoms with Crippen molar-refractivity contribution in [2.24, 2.45) is 0 Å². The largest absolute Gasteiger partial charge is 0.383 e. The SMILES string of the molecule is CCc1cncc(CNCCOC)c1. The maximum absolute atomic E-state index is 4.95. The summed E-state index contributed by atoms with van der Waals surface area (Å²) in [7, 11) is 1.71. The molecule has 1 aromatic heterocycles. The van der Waals surface area contributed by atoms with Crippen LogP contribution >= 0.6 is 0 Å². The van der Waals surface area contributed by atoms with Gasteiger partial charge >= 0.3 is 0 Å². The second-order valence-electron chi connectivity index (χ2n) is 3.22. The number of pyridine rings is 1. The van der Waals surface area contributed by atoms with E-state index in [-0.39, 0.29) is 0 Å². The summed E-state index contributed by atoms with van der Waals surface area (Å²) in [6.07, 6.45) is 4.86. The molecule has 78 valence electrons. The van der Waals surface area contributed by atoms with E-state index in [4.69, 9.17) is 4.74 Å². The molecular formula is C11H18N2O. The van der Waals surface area contributed by atoms with E-state index in [1.807, 2.05) is 12.4 Å². The first kappa shape index (κ1) is 11.1. The molecule has 0 amide bonds. The Morgan fingerprint density at radius 1 is 1.36 bits per heavy atom. The Bertz CT molecular complexity index is 263. The molecule has 1 aromatic rings. The lowest BCUT2D eigenvalue weighted by molar-refractivity contribution is 0.199. The first-order chi connectivity index (χ1) is 6.86. The third kappa shape index (κ3) is 3.85. The molecule has 0 spiro atoms. The highest BCUT2D eigenvalue weighted by Gasteiger charge is 1.94. The number of hydrogen-bond donors (Lipinski definition) is 1. The van der Waals surface area contributed by atoms with Crippen molar-refractivity contribution in [2.45, 2.75) is 19.9 Å². The van der Waals surface area contributed by atoms with Gasteiger partial charge in [0.2, 0.25) is 0 Å². The zero-order valence-electron chi connectivity index (χ0n) is 8.92. The average Bonchev–Trinajstić information content (AvgIpc) is 2.25. The van der Waals surface area contributed by atoms with Crippen LogP contribution in [0.4, 0.5) is 0 Å². The number of nitrogens with zero attached hydrogens (tertiary/aromatic N) is 1. The van der Waals surface area contributed by atoms with Crippen molar-refractivity contribution in [3.8, 4) is 0 Å². The van der Waals surface area contributed by atoms with Crippen molar-refractivity contribution in [3.63, 3.8) is 0 Å². The highest BCUT2D eigenvalue weighted by molar-refractivity contribution is 5.17. The summed E-state index contributed by atoms with van der Waals surface area (Å²) in [4.78, 5) is 4.18. The number of rotatable bonds is 6. The molecule has 0 bridgehead atoms. The summed E-state index contributed by atoms with van der Waals surface area (Å²) in [5, 5.41) is 3.29. The fraction of sp³-hybridized carbons (Fsp3) is 0.545. The summed E-state index contributed by atoms with van der Waals surface area (Å²) in [5.74, 6) is 0. The molecule has 14 heavy (non-hydrogen) atoms. The molecule has 3 nitrogen and oxygen atoms in total. The third-order valence-electron chi connectivity index (χ3n) is 2.07. The van der Waals surface area contributed by atoms with Gasteiger partial charge in [0.15, 0.2) is 0 Å². The number of aryl methyl sites for hydroxylation is 1. The Morgan fingerprint density at radius 2 is 2.14 bits per heavy atom. The van der Waals surface area contributed by atoms with Crippen LogP contribution in [0, 0.1) is 0 Å². The summed E-state index contributed by atoms with van der Waals surface area (Å²) in [6, 6.07) is 2.19. The average molecular weight is 194 g/mol. The highest BCUT2D eigenvalue weighted by Crippen LogP contribution is 2.02. The summed E-state index contributed by atoms with van der Waals surface area (Å²) in [5.41, 5.74) is 2.52. The molecule has 0 aliphatic carbocycles. The van der Waals surface area contributed by atoms with E-state index in [2.05, 4.69) is 23.3 Å². The molecule has 0 saturated heterocycles. The van der Waals surface area contributed by atoms with Gasteiger partial charge < -0.3 is 10.1 Å². The molecule has 0 unspecified atom stereocenters. The molecule has 1 heterocycles. The van der Waals surface area contributed by atoms with Gasteiger partial charge in [0.05, 0.1) is 6.61 Å². The van der Waals surface area contributed by atoms with Crippen molar-refractivity contribution in [2.75, 3.05) is 20.3 Å². The van der Waals surface area contributed by atoms with Gasteiger partial charge in [-0.1, -0.05) is 13.0 Å². The summed E-state index contributed by atoms with van der Waals surface area (Å²) >= 11 is 0. The van der Waals surface area contributed by atoms with E-state index in [0.29, 0.717) is 0 Å². The summed E-state index contributed by atoms with van der Waals surface area (Å²) in [6.45, 7) is 4.64. The Balaban J connectivity index is 2.34. The van der Waals surface area contributed by atoms with Crippen LogP contribution in [0.1, 0.15) is 18.1 Å². The number of aromatic nitrogens is 1. The van der Waals surface area contributed by atoms with Crippen molar-refractivity contribution in [1.82, 2.24) is 10.3 Å². The Hall–Kier alpha value is -0.930. The minimum absolute atomic E-state index is 0.751. The zero-order valence-corrected chi connectivity index (χ0v) is 8.92. The van der Waals surface area contributed by atoms with Crippen LogP contribution in [-0.2, 0) is 17.7 Å². The predicted molar refractivity (Wildman–Crippen MR) is 57.2 cm³/mol. The lowest BCUT2D eigenvalue weighted by Gasteiger charge is -2.04. The molecule has 0 saturated carbocycles. The van der Waals surface area contributed by atoms with E-state index >= 15 is 0 Å². The minimum atomic E-state index is 0.751. The van der Waals surface area contributed by atoms with Gasteiger partial charge in [-0.05, 0) is 17.5 Å². The number of hydrogen-bond acceptors (Lipinski definition) is 3.